The SMILES string of the molecule is CC(NC(=O)c1ccc(N=C2C(=O)N(CN3CCN(Cc4ccccc4)CC3)c3ccccc32)cc1)c1ccccc1. The van der Waals surface area contributed by atoms with E-state index in [1.54, 1.807) is 24.3 Å². The second-order valence-corrected chi connectivity index (χ2v) is 10.9. The Labute approximate surface area is 247 Å². The lowest BCUT2D eigenvalue weighted by Gasteiger charge is -2.36. The molecular formula is C35H35N5O2. The van der Waals surface area contributed by atoms with Gasteiger partial charge in [0.2, 0.25) is 0 Å². The van der Waals surface area contributed by atoms with Gasteiger partial charge in [0.15, 0.2) is 0 Å². The molecule has 42 heavy (non-hydrogen) atoms. The maximum absolute atomic E-state index is 13.7. The molecule has 6 rings (SSSR count). The zero-order valence-electron chi connectivity index (χ0n) is 23.8. The Kier molecular flexibility index (Phi) is 8.21. The van der Waals surface area contributed by atoms with Gasteiger partial charge in [0.1, 0.15) is 5.71 Å². The Morgan fingerprint density at radius 2 is 1.40 bits per heavy atom. The van der Waals surface area contributed by atoms with Crippen molar-refractivity contribution in [3.05, 3.63) is 131 Å². The summed E-state index contributed by atoms with van der Waals surface area (Å²) in [6.45, 7) is 7.17. The van der Waals surface area contributed by atoms with Gasteiger partial charge in [-0.25, -0.2) is 4.99 Å². The predicted molar refractivity (Wildman–Crippen MR) is 167 cm³/mol. The van der Waals surface area contributed by atoms with Crippen molar-refractivity contribution in [1.29, 1.82) is 0 Å². The number of carbonyl (C=O) groups excluding carboxylic acids is 2. The summed E-state index contributed by atoms with van der Waals surface area (Å²) in [5, 5.41) is 3.04. The molecule has 4 aromatic carbocycles. The molecule has 1 atom stereocenters. The third-order valence-corrected chi connectivity index (χ3v) is 7.97. The van der Waals surface area contributed by atoms with Crippen LogP contribution in [-0.4, -0.2) is 60.2 Å². The quantitative estimate of drug-likeness (QED) is 0.314. The zero-order chi connectivity index (χ0) is 28.9. The number of nitrogens with one attached hydrogen (secondary N) is 1. The minimum atomic E-state index is -0.150. The van der Waals surface area contributed by atoms with Gasteiger partial charge in [-0.1, -0.05) is 78.9 Å². The number of piperazine rings is 1. The molecule has 1 N–H and O–H groups in total. The van der Waals surface area contributed by atoms with E-state index in [4.69, 9.17) is 4.99 Å². The van der Waals surface area contributed by atoms with Crippen molar-refractivity contribution in [2.75, 3.05) is 37.7 Å². The van der Waals surface area contributed by atoms with Crippen molar-refractivity contribution in [3.63, 3.8) is 0 Å². The summed E-state index contributed by atoms with van der Waals surface area (Å²) in [6.07, 6.45) is 0. The second-order valence-electron chi connectivity index (χ2n) is 10.9. The van der Waals surface area contributed by atoms with Gasteiger partial charge in [-0.2, -0.15) is 0 Å². The summed E-state index contributed by atoms with van der Waals surface area (Å²) in [4.78, 5) is 37.9. The minimum Gasteiger partial charge on any atom is -0.346 e. The van der Waals surface area contributed by atoms with E-state index in [0.717, 1.165) is 49.5 Å². The first-order chi connectivity index (χ1) is 20.5. The maximum atomic E-state index is 13.7. The number of fused-ring (bicyclic) bond motifs is 1. The Bertz CT molecular complexity index is 1560. The van der Waals surface area contributed by atoms with Crippen LogP contribution in [0.3, 0.4) is 0 Å². The molecule has 2 aliphatic heterocycles. The van der Waals surface area contributed by atoms with E-state index in [-0.39, 0.29) is 17.9 Å². The zero-order valence-corrected chi connectivity index (χ0v) is 23.8. The van der Waals surface area contributed by atoms with Crippen LogP contribution in [0, 0.1) is 0 Å². The van der Waals surface area contributed by atoms with Gasteiger partial charge in [0, 0.05) is 43.9 Å². The van der Waals surface area contributed by atoms with Crippen molar-refractivity contribution in [1.82, 2.24) is 15.1 Å². The van der Waals surface area contributed by atoms with Crippen molar-refractivity contribution in [2.24, 2.45) is 4.99 Å². The number of hydrogen-bond donors (Lipinski definition) is 1. The fraction of sp³-hybridized carbons (Fsp3) is 0.229. The van der Waals surface area contributed by atoms with Gasteiger partial charge in [0.25, 0.3) is 11.8 Å². The fourth-order valence-electron chi connectivity index (χ4n) is 5.56. The Hall–Kier alpha value is -4.59. The highest BCUT2D eigenvalue weighted by Gasteiger charge is 2.35. The number of aliphatic imine (C=N–C) groups is 1. The highest BCUT2D eigenvalue weighted by Crippen LogP contribution is 2.31. The van der Waals surface area contributed by atoms with E-state index < -0.39 is 0 Å². The summed E-state index contributed by atoms with van der Waals surface area (Å²) in [7, 11) is 0. The van der Waals surface area contributed by atoms with Crippen LogP contribution in [0.5, 0.6) is 0 Å². The Balaban J connectivity index is 1.11. The Morgan fingerprint density at radius 3 is 2.12 bits per heavy atom. The Morgan fingerprint density at radius 1 is 0.786 bits per heavy atom. The molecule has 212 valence electrons. The normalized spacial score (nSPS) is 17.3. The second kappa shape index (κ2) is 12.5. The molecule has 0 spiro atoms. The van der Waals surface area contributed by atoms with Crippen molar-refractivity contribution in [2.45, 2.75) is 19.5 Å². The fourth-order valence-corrected chi connectivity index (χ4v) is 5.56. The van der Waals surface area contributed by atoms with Crippen molar-refractivity contribution in [3.8, 4) is 0 Å². The van der Waals surface area contributed by atoms with Crippen LogP contribution in [0.1, 0.15) is 40.0 Å². The molecule has 1 unspecified atom stereocenters. The van der Waals surface area contributed by atoms with E-state index in [0.29, 0.717) is 23.6 Å². The monoisotopic (exact) mass is 557 g/mol. The first-order valence-corrected chi connectivity index (χ1v) is 14.5. The molecule has 1 fully saturated rings. The standard InChI is InChI=1S/C35H35N5O2/c1-26(28-12-6-3-7-13-28)36-34(41)29-16-18-30(19-17-29)37-33-31-14-8-9-15-32(31)40(35(33)42)25-39-22-20-38(21-23-39)24-27-10-4-2-5-11-27/h2-19,26H,20-25H2,1H3,(H,36,41). The van der Waals surface area contributed by atoms with Crippen LogP contribution >= 0.6 is 0 Å². The lowest BCUT2D eigenvalue weighted by atomic mass is 10.1. The number of hydrogen-bond acceptors (Lipinski definition) is 5. The molecule has 0 saturated carbocycles. The minimum absolute atomic E-state index is 0.0959. The molecule has 4 aromatic rings. The van der Waals surface area contributed by atoms with E-state index >= 15 is 0 Å². The molecule has 0 aliphatic carbocycles. The summed E-state index contributed by atoms with van der Waals surface area (Å²) in [6, 6.07) is 35.3. The average Bonchev–Trinajstić information content (AvgIpc) is 3.29. The lowest BCUT2D eigenvalue weighted by molar-refractivity contribution is -0.112. The molecular weight excluding hydrogens is 522 g/mol. The van der Waals surface area contributed by atoms with Gasteiger partial charge < -0.3 is 5.32 Å². The first kappa shape index (κ1) is 27.6. The van der Waals surface area contributed by atoms with Gasteiger partial charge in [-0.3, -0.25) is 24.3 Å². The summed E-state index contributed by atoms with van der Waals surface area (Å²) >= 11 is 0. The molecule has 7 heteroatoms. The molecule has 0 radical (unpaired) electrons. The van der Waals surface area contributed by atoms with E-state index in [2.05, 4.69) is 39.4 Å². The number of anilines is 1. The topological polar surface area (TPSA) is 68.2 Å². The summed E-state index contributed by atoms with van der Waals surface area (Å²) in [5.74, 6) is -0.246. The van der Waals surface area contributed by atoms with Gasteiger partial charge in [-0.05, 0) is 48.4 Å². The van der Waals surface area contributed by atoms with E-state index in [1.807, 2.05) is 72.5 Å². The van der Waals surface area contributed by atoms with E-state index in [1.165, 1.54) is 5.56 Å². The average molecular weight is 558 g/mol. The third kappa shape index (κ3) is 6.17. The van der Waals surface area contributed by atoms with Crippen molar-refractivity contribution < 1.29 is 9.59 Å². The van der Waals surface area contributed by atoms with Gasteiger partial charge >= 0.3 is 0 Å². The van der Waals surface area contributed by atoms with Crippen LogP contribution in [0.25, 0.3) is 0 Å². The molecule has 0 bridgehead atoms. The number of benzene rings is 4. The number of para-hydroxylation sites is 1. The number of nitrogens with zero attached hydrogens (tertiary/aromatic N) is 4. The number of amides is 2. The molecule has 0 aromatic heterocycles. The van der Waals surface area contributed by atoms with Gasteiger partial charge in [-0.15, -0.1) is 0 Å². The largest absolute Gasteiger partial charge is 0.346 e. The van der Waals surface area contributed by atoms with Crippen LogP contribution < -0.4 is 10.2 Å². The van der Waals surface area contributed by atoms with Crippen LogP contribution in [0.2, 0.25) is 0 Å². The molecule has 2 amide bonds. The summed E-state index contributed by atoms with van der Waals surface area (Å²) < 4.78 is 0. The summed E-state index contributed by atoms with van der Waals surface area (Å²) in [5.41, 5.74) is 5.72. The van der Waals surface area contributed by atoms with Crippen LogP contribution in [-0.2, 0) is 11.3 Å². The van der Waals surface area contributed by atoms with Crippen LogP contribution in [0.4, 0.5) is 11.4 Å². The van der Waals surface area contributed by atoms with Crippen molar-refractivity contribution >= 4 is 28.9 Å². The third-order valence-electron chi connectivity index (χ3n) is 7.97. The first-order valence-electron chi connectivity index (χ1n) is 14.5. The molecule has 1 saturated heterocycles. The van der Waals surface area contributed by atoms with Crippen LogP contribution in [0.15, 0.2) is 114 Å². The molecule has 2 heterocycles. The smallest absolute Gasteiger partial charge is 0.278 e. The van der Waals surface area contributed by atoms with Gasteiger partial charge in [0.05, 0.1) is 24.1 Å². The highest BCUT2D eigenvalue weighted by molar-refractivity contribution is 6.54. The number of carbonyl (C=O) groups is 2. The lowest BCUT2D eigenvalue weighted by Crippen LogP contribution is -2.50. The molecule has 7 nitrogen and oxygen atoms in total. The maximum Gasteiger partial charge on any atom is 0.278 e. The van der Waals surface area contributed by atoms with E-state index in [9.17, 15) is 9.59 Å². The molecule has 2 aliphatic rings. The predicted octanol–water partition coefficient (Wildman–Crippen LogP) is 5.42. The number of rotatable bonds is 8. The highest BCUT2D eigenvalue weighted by atomic mass is 16.2.